The number of nitrogens with zero attached hydrogens (tertiary/aromatic N) is 2. The topological polar surface area (TPSA) is 79.3 Å². The van der Waals surface area contributed by atoms with E-state index in [1.54, 1.807) is 29.2 Å². The average molecular weight is 453 g/mol. The van der Waals surface area contributed by atoms with Crippen molar-refractivity contribution in [3.63, 3.8) is 0 Å². The zero-order valence-electron chi connectivity index (χ0n) is 19.7. The fourth-order valence-corrected chi connectivity index (χ4v) is 3.99. The summed E-state index contributed by atoms with van der Waals surface area (Å²) in [5.74, 6) is -0.480. The first-order chi connectivity index (χ1) is 15.9. The van der Waals surface area contributed by atoms with E-state index in [9.17, 15) is 14.7 Å². The van der Waals surface area contributed by atoms with E-state index in [4.69, 9.17) is 9.47 Å². The van der Waals surface area contributed by atoms with Gasteiger partial charge in [-0.2, -0.15) is 0 Å². The van der Waals surface area contributed by atoms with Gasteiger partial charge in [0, 0.05) is 6.54 Å². The lowest BCUT2D eigenvalue weighted by Gasteiger charge is -2.26. The van der Waals surface area contributed by atoms with Crippen LogP contribution in [0.15, 0.2) is 54.1 Å². The van der Waals surface area contributed by atoms with Gasteiger partial charge in [0.1, 0.15) is 17.3 Å². The van der Waals surface area contributed by atoms with Crippen molar-refractivity contribution in [2.75, 3.05) is 40.9 Å². The van der Waals surface area contributed by atoms with Gasteiger partial charge in [0.2, 0.25) is 0 Å². The standard InChI is InChI=1S/C26H32N2O5/c1-5-16-33-19-11-8-10-18(17-19)23-22(24(29)20-12-6-7-13-21(20)32-4)25(30)26(31)28(23)15-9-14-27(2)3/h6-8,10-13,17,23,29H,5,9,14-16H2,1-4H3/b24-22+. The Morgan fingerprint density at radius 1 is 1.12 bits per heavy atom. The number of Topliss-reactive ketones (excluding diaryl/α,β-unsaturated/α-hetero) is 1. The fraction of sp³-hybridized carbons (Fsp3) is 0.385. The Labute approximate surface area is 195 Å². The van der Waals surface area contributed by atoms with Crippen LogP contribution < -0.4 is 9.47 Å². The number of methoxy groups -OCH3 is 1. The summed E-state index contributed by atoms with van der Waals surface area (Å²) in [6, 6.07) is 13.6. The highest BCUT2D eigenvalue weighted by molar-refractivity contribution is 6.46. The third kappa shape index (κ3) is 5.37. The fourth-order valence-electron chi connectivity index (χ4n) is 3.99. The first-order valence-electron chi connectivity index (χ1n) is 11.2. The SMILES string of the molecule is CCCOc1cccc(C2/C(=C(\O)c3ccccc3OC)C(=O)C(=O)N2CCCN(C)C)c1. The summed E-state index contributed by atoms with van der Waals surface area (Å²) in [5.41, 5.74) is 1.14. The predicted octanol–water partition coefficient (Wildman–Crippen LogP) is 3.86. The highest BCUT2D eigenvalue weighted by Crippen LogP contribution is 2.41. The number of benzene rings is 2. The first kappa shape index (κ1) is 24.3. The molecule has 0 aliphatic carbocycles. The first-order valence-corrected chi connectivity index (χ1v) is 11.2. The minimum Gasteiger partial charge on any atom is -0.507 e. The molecular formula is C26H32N2O5. The van der Waals surface area contributed by atoms with Crippen molar-refractivity contribution in [2.45, 2.75) is 25.8 Å². The quantitative estimate of drug-likeness (QED) is 0.335. The van der Waals surface area contributed by atoms with Crippen molar-refractivity contribution < 1.29 is 24.2 Å². The molecule has 1 aliphatic heterocycles. The average Bonchev–Trinajstić information content (AvgIpc) is 3.07. The lowest BCUT2D eigenvalue weighted by Crippen LogP contribution is -2.32. The Balaban J connectivity index is 2.12. The van der Waals surface area contributed by atoms with Crippen LogP contribution >= 0.6 is 0 Å². The van der Waals surface area contributed by atoms with Gasteiger partial charge in [-0.3, -0.25) is 9.59 Å². The second-order valence-corrected chi connectivity index (χ2v) is 8.27. The second kappa shape index (κ2) is 11.0. The number of carbonyl (C=O) groups is 2. The van der Waals surface area contributed by atoms with Crippen LogP contribution in [0.2, 0.25) is 0 Å². The summed E-state index contributed by atoms with van der Waals surface area (Å²) >= 11 is 0. The molecule has 0 spiro atoms. The number of carbonyl (C=O) groups excluding carboxylic acids is 2. The zero-order valence-corrected chi connectivity index (χ0v) is 19.7. The number of para-hydroxylation sites is 1. The van der Waals surface area contributed by atoms with Gasteiger partial charge in [0.15, 0.2) is 0 Å². The maximum atomic E-state index is 13.2. The molecule has 1 atom stereocenters. The van der Waals surface area contributed by atoms with Crippen molar-refractivity contribution in [2.24, 2.45) is 0 Å². The summed E-state index contributed by atoms with van der Waals surface area (Å²) < 4.78 is 11.2. The van der Waals surface area contributed by atoms with Crippen LogP contribution in [0.3, 0.4) is 0 Å². The van der Waals surface area contributed by atoms with Gasteiger partial charge in [0.25, 0.3) is 11.7 Å². The van der Waals surface area contributed by atoms with E-state index in [0.717, 1.165) is 13.0 Å². The lowest BCUT2D eigenvalue weighted by molar-refractivity contribution is -0.139. The molecule has 1 fully saturated rings. The molecule has 2 aromatic carbocycles. The summed E-state index contributed by atoms with van der Waals surface area (Å²) in [4.78, 5) is 29.8. The molecule has 3 rings (SSSR count). The molecule has 7 nitrogen and oxygen atoms in total. The maximum Gasteiger partial charge on any atom is 0.295 e. The summed E-state index contributed by atoms with van der Waals surface area (Å²) in [6.07, 6.45) is 1.55. The molecule has 0 radical (unpaired) electrons. The number of aliphatic hydroxyl groups excluding tert-OH is 1. The van der Waals surface area contributed by atoms with E-state index in [2.05, 4.69) is 0 Å². The van der Waals surface area contributed by atoms with Crippen molar-refractivity contribution in [1.29, 1.82) is 0 Å². The Morgan fingerprint density at radius 2 is 1.88 bits per heavy atom. The number of ketones is 1. The van der Waals surface area contributed by atoms with Crippen LogP contribution in [0.25, 0.3) is 5.76 Å². The van der Waals surface area contributed by atoms with E-state index in [1.165, 1.54) is 7.11 Å². The largest absolute Gasteiger partial charge is 0.507 e. The Kier molecular flexibility index (Phi) is 8.11. The molecule has 7 heteroatoms. The van der Waals surface area contributed by atoms with Crippen LogP contribution in [-0.2, 0) is 9.59 Å². The predicted molar refractivity (Wildman–Crippen MR) is 127 cm³/mol. The van der Waals surface area contributed by atoms with E-state index >= 15 is 0 Å². The maximum absolute atomic E-state index is 13.2. The molecule has 1 unspecified atom stereocenters. The molecular weight excluding hydrogens is 420 g/mol. The van der Waals surface area contributed by atoms with Gasteiger partial charge in [-0.05, 0) is 63.3 Å². The summed E-state index contributed by atoms with van der Waals surface area (Å²) in [7, 11) is 5.42. The number of rotatable bonds is 10. The molecule has 0 saturated carbocycles. The molecule has 0 aromatic heterocycles. The van der Waals surface area contributed by atoms with E-state index in [0.29, 0.717) is 42.2 Å². The lowest BCUT2D eigenvalue weighted by atomic mass is 9.94. The zero-order chi connectivity index (χ0) is 24.0. The normalized spacial score (nSPS) is 17.6. The molecule has 0 bridgehead atoms. The molecule has 1 aliphatic rings. The van der Waals surface area contributed by atoms with Gasteiger partial charge in [-0.15, -0.1) is 0 Å². The number of ether oxygens (including phenoxy) is 2. The van der Waals surface area contributed by atoms with Crippen LogP contribution in [0.5, 0.6) is 11.5 Å². The summed E-state index contributed by atoms with van der Waals surface area (Å²) in [6.45, 7) is 3.74. The Morgan fingerprint density at radius 3 is 2.58 bits per heavy atom. The number of hydrogen-bond donors (Lipinski definition) is 1. The molecule has 1 saturated heterocycles. The smallest absolute Gasteiger partial charge is 0.295 e. The molecule has 2 aromatic rings. The van der Waals surface area contributed by atoms with Crippen molar-refractivity contribution in [3.05, 3.63) is 65.2 Å². The molecule has 176 valence electrons. The highest BCUT2D eigenvalue weighted by Gasteiger charge is 2.46. The third-order valence-corrected chi connectivity index (χ3v) is 5.55. The van der Waals surface area contributed by atoms with Gasteiger partial charge < -0.3 is 24.4 Å². The molecule has 1 N–H and O–H groups in total. The van der Waals surface area contributed by atoms with Crippen molar-refractivity contribution >= 4 is 17.4 Å². The minimum absolute atomic E-state index is 0.0574. The van der Waals surface area contributed by atoms with Gasteiger partial charge in [0.05, 0.1) is 30.9 Å². The van der Waals surface area contributed by atoms with Crippen molar-refractivity contribution in [1.82, 2.24) is 9.80 Å². The van der Waals surface area contributed by atoms with Gasteiger partial charge >= 0.3 is 0 Å². The van der Waals surface area contributed by atoms with E-state index < -0.39 is 17.7 Å². The summed E-state index contributed by atoms with van der Waals surface area (Å²) in [5, 5.41) is 11.3. The number of likely N-dealkylation sites (tertiary alicyclic amines) is 1. The minimum atomic E-state index is -0.720. The number of hydrogen-bond acceptors (Lipinski definition) is 6. The van der Waals surface area contributed by atoms with Crippen LogP contribution in [0.4, 0.5) is 0 Å². The monoisotopic (exact) mass is 452 g/mol. The number of amides is 1. The molecule has 33 heavy (non-hydrogen) atoms. The number of aliphatic hydroxyl groups is 1. The highest BCUT2D eigenvalue weighted by atomic mass is 16.5. The Hall–Kier alpha value is -3.32. The second-order valence-electron chi connectivity index (χ2n) is 8.27. The van der Waals surface area contributed by atoms with Crippen LogP contribution in [-0.4, -0.2) is 67.5 Å². The van der Waals surface area contributed by atoms with Crippen molar-refractivity contribution in [3.8, 4) is 11.5 Å². The van der Waals surface area contributed by atoms with Gasteiger partial charge in [-0.25, -0.2) is 0 Å². The van der Waals surface area contributed by atoms with Gasteiger partial charge in [-0.1, -0.05) is 31.2 Å². The molecule has 1 heterocycles. The van der Waals surface area contributed by atoms with E-state index in [1.807, 2.05) is 50.2 Å². The molecule has 1 amide bonds. The van der Waals surface area contributed by atoms with E-state index in [-0.39, 0.29) is 11.3 Å². The third-order valence-electron chi connectivity index (χ3n) is 5.55. The Bertz CT molecular complexity index is 1030. The van der Waals surface area contributed by atoms with Crippen LogP contribution in [0, 0.1) is 0 Å². The van der Waals surface area contributed by atoms with Crippen LogP contribution in [0.1, 0.15) is 36.9 Å².